The van der Waals surface area contributed by atoms with Gasteiger partial charge in [-0.1, -0.05) is 5.11 Å². The van der Waals surface area contributed by atoms with Crippen molar-refractivity contribution >= 4 is 12.0 Å². The molecule has 0 atom stereocenters. The van der Waals surface area contributed by atoms with Crippen LogP contribution in [0.25, 0.3) is 16.5 Å². The first-order valence-electron chi connectivity index (χ1n) is 4.33. The maximum atomic E-state index is 11.1. The molecule has 15 heavy (non-hydrogen) atoms. The second kappa shape index (κ2) is 6.28. The van der Waals surface area contributed by atoms with Crippen molar-refractivity contribution in [1.82, 2.24) is 5.32 Å². The van der Waals surface area contributed by atoms with Crippen LogP contribution in [0.15, 0.2) is 34.0 Å². The van der Waals surface area contributed by atoms with Crippen LogP contribution in [0.4, 0.5) is 0 Å². The van der Waals surface area contributed by atoms with E-state index in [1.54, 1.807) is 18.2 Å². The predicted molar refractivity (Wildman–Crippen MR) is 54.8 cm³/mol. The number of carbonyl (C=O) groups is 1. The zero-order valence-electron chi connectivity index (χ0n) is 7.96. The number of furan rings is 1. The SMILES string of the molecule is [N-]=[N+]=NCCNC(=O)C=Cc1ccco1. The standard InChI is InChI=1S/C9H10N4O2/c10-13-12-6-5-11-9(14)4-3-8-2-1-7-15-8/h1-4,7H,5-6H2,(H,11,14). The summed E-state index contributed by atoms with van der Waals surface area (Å²) in [7, 11) is 0. The molecular weight excluding hydrogens is 196 g/mol. The normalized spacial score (nSPS) is 9.87. The maximum Gasteiger partial charge on any atom is 0.244 e. The van der Waals surface area contributed by atoms with Crippen molar-refractivity contribution in [2.24, 2.45) is 5.11 Å². The Morgan fingerprint density at radius 3 is 3.27 bits per heavy atom. The van der Waals surface area contributed by atoms with Gasteiger partial charge in [0.05, 0.1) is 6.26 Å². The summed E-state index contributed by atoms with van der Waals surface area (Å²) in [4.78, 5) is 13.7. The average Bonchev–Trinajstić information content (AvgIpc) is 2.74. The van der Waals surface area contributed by atoms with E-state index >= 15 is 0 Å². The fourth-order valence-corrected chi connectivity index (χ4v) is 0.877. The van der Waals surface area contributed by atoms with Crippen molar-refractivity contribution in [3.05, 3.63) is 40.7 Å². The molecule has 1 aromatic heterocycles. The number of carbonyl (C=O) groups excluding carboxylic acids is 1. The molecular formula is C9H10N4O2. The molecule has 0 unspecified atom stereocenters. The van der Waals surface area contributed by atoms with E-state index in [4.69, 9.17) is 9.95 Å². The lowest BCUT2D eigenvalue weighted by Crippen LogP contribution is -2.23. The van der Waals surface area contributed by atoms with E-state index in [0.717, 1.165) is 0 Å². The first-order chi connectivity index (χ1) is 7.33. The van der Waals surface area contributed by atoms with Crippen LogP contribution in [0, 0.1) is 0 Å². The lowest BCUT2D eigenvalue weighted by Gasteiger charge is -1.96. The monoisotopic (exact) mass is 206 g/mol. The summed E-state index contributed by atoms with van der Waals surface area (Å²) in [5.74, 6) is 0.361. The van der Waals surface area contributed by atoms with Crippen molar-refractivity contribution in [3.8, 4) is 0 Å². The van der Waals surface area contributed by atoms with E-state index in [9.17, 15) is 4.79 Å². The number of hydrogen-bond donors (Lipinski definition) is 1. The Bertz CT molecular complexity index is 377. The average molecular weight is 206 g/mol. The minimum absolute atomic E-state index is 0.247. The molecule has 0 radical (unpaired) electrons. The summed E-state index contributed by atoms with van der Waals surface area (Å²) < 4.78 is 4.99. The summed E-state index contributed by atoms with van der Waals surface area (Å²) in [6, 6.07) is 3.48. The molecule has 1 aromatic rings. The molecule has 0 spiro atoms. The van der Waals surface area contributed by atoms with Gasteiger partial charge in [-0.05, 0) is 23.7 Å². The van der Waals surface area contributed by atoms with Crippen molar-refractivity contribution in [2.45, 2.75) is 0 Å². The first-order valence-corrected chi connectivity index (χ1v) is 4.33. The zero-order chi connectivity index (χ0) is 10.9. The molecule has 0 aliphatic heterocycles. The largest absolute Gasteiger partial charge is 0.465 e. The molecule has 1 amide bonds. The highest BCUT2D eigenvalue weighted by atomic mass is 16.3. The summed E-state index contributed by atoms with van der Waals surface area (Å²) in [5, 5.41) is 5.82. The number of rotatable bonds is 5. The Kier molecular flexibility index (Phi) is 4.56. The maximum absolute atomic E-state index is 11.1. The van der Waals surface area contributed by atoms with Gasteiger partial charge in [0.15, 0.2) is 0 Å². The highest BCUT2D eigenvalue weighted by Gasteiger charge is 1.94. The Hall–Kier alpha value is -2.20. The predicted octanol–water partition coefficient (Wildman–Crippen LogP) is 1.72. The van der Waals surface area contributed by atoms with Gasteiger partial charge in [-0.2, -0.15) is 0 Å². The van der Waals surface area contributed by atoms with Gasteiger partial charge in [0, 0.05) is 24.1 Å². The molecule has 0 saturated carbocycles. The van der Waals surface area contributed by atoms with Gasteiger partial charge in [0.1, 0.15) is 5.76 Å². The Balaban J connectivity index is 2.27. The van der Waals surface area contributed by atoms with Crippen LogP contribution in [0.3, 0.4) is 0 Å². The molecule has 0 bridgehead atoms. The third-order valence-electron chi connectivity index (χ3n) is 1.52. The highest BCUT2D eigenvalue weighted by molar-refractivity contribution is 5.91. The van der Waals surface area contributed by atoms with Gasteiger partial charge < -0.3 is 9.73 Å². The third-order valence-corrected chi connectivity index (χ3v) is 1.52. The zero-order valence-corrected chi connectivity index (χ0v) is 7.96. The Morgan fingerprint density at radius 1 is 1.73 bits per heavy atom. The Morgan fingerprint density at radius 2 is 2.60 bits per heavy atom. The number of nitrogens with one attached hydrogen (secondary N) is 1. The van der Waals surface area contributed by atoms with Crippen LogP contribution in [0.1, 0.15) is 5.76 Å². The van der Waals surface area contributed by atoms with Gasteiger partial charge in [-0.25, -0.2) is 0 Å². The van der Waals surface area contributed by atoms with Crippen molar-refractivity contribution in [1.29, 1.82) is 0 Å². The van der Waals surface area contributed by atoms with Gasteiger partial charge >= 0.3 is 0 Å². The lowest BCUT2D eigenvalue weighted by atomic mass is 10.4. The fourth-order valence-electron chi connectivity index (χ4n) is 0.877. The molecule has 78 valence electrons. The lowest BCUT2D eigenvalue weighted by molar-refractivity contribution is -0.116. The number of amides is 1. The molecule has 1 heterocycles. The molecule has 1 rings (SSSR count). The van der Waals surface area contributed by atoms with Crippen molar-refractivity contribution in [3.63, 3.8) is 0 Å². The summed E-state index contributed by atoms with van der Waals surface area (Å²) >= 11 is 0. The third kappa shape index (κ3) is 4.54. The number of azide groups is 1. The van der Waals surface area contributed by atoms with Gasteiger partial charge in [0.2, 0.25) is 5.91 Å². The van der Waals surface area contributed by atoms with Gasteiger partial charge in [0.25, 0.3) is 0 Å². The van der Waals surface area contributed by atoms with Crippen LogP contribution in [0.2, 0.25) is 0 Å². The quantitative estimate of drug-likeness (QED) is 0.261. The molecule has 6 heteroatoms. The topological polar surface area (TPSA) is 91.0 Å². The van der Waals surface area contributed by atoms with E-state index in [-0.39, 0.29) is 12.5 Å². The second-order valence-electron chi connectivity index (χ2n) is 2.59. The molecule has 1 N–H and O–H groups in total. The highest BCUT2D eigenvalue weighted by Crippen LogP contribution is 2.01. The molecule has 0 aliphatic rings. The first kappa shape index (κ1) is 10.9. The smallest absolute Gasteiger partial charge is 0.244 e. The van der Waals surface area contributed by atoms with Crippen LogP contribution >= 0.6 is 0 Å². The molecule has 6 nitrogen and oxygen atoms in total. The van der Waals surface area contributed by atoms with E-state index in [0.29, 0.717) is 12.3 Å². The van der Waals surface area contributed by atoms with Crippen LogP contribution < -0.4 is 5.32 Å². The molecule has 0 fully saturated rings. The Labute approximate surface area is 86.2 Å². The minimum atomic E-state index is -0.250. The van der Waals surface area contributed by atoms with Crippen LogP contribution in [-0.4, -0.2) is 19.0 Å². The number of hydrogen-bond acceptors (Lipinski definition) is 3. The van der Waals surface area contributed by atoms with E-state index in [1.807, 2.05) is 0 Å². The second-order valence-corrected chi connectivity index (χ2v) is 2.59. The summed E-state index contributed by atoms with van der Waals surface area (Å²) in [6.07, 6.45) is 4.44. The van der Waals surface area contributed by atoms with E-state index < -0.39 is 0 Å². The van der Waals surface area contributed by atoms with Crippen LogP contribution in [0.5, 0.6) is 0 Å². The van der Waals surface area contributed by atoms with Crippen molar-refractivity contribution in [2.75, 3.05) is 13.1 Å². The molecule has 0 aromatic carbocycles. The minimum Gasteiger partial charge on any atom is -0.465 e. The van der Waals surface area contributed by atoms with E-state index in [1.165, 1.54) is 12.3 Å². The summed E-state index contributed by atoms with van der Waals surface area (Å²) in [5.41, 5.74) is 7.98. The number of nitrogens with zero attached hydrogens (tertiary/aromatic N) is 3. The van der Waals surface area contributed by atoms with Crippen molar-refractivity contribution < 1.29 is 9.21 Å². The van der Waals surface area contributed by atoms with E-state index in [2.05, 4.69) is 15.3 Å². The molecule has 0 aliphatic carbocycles. The summed E-state index contributed by atoms with van der Waals surface area (Å²) in [6.45, 7) is 0.572. The van der Waals surface area contributed by atoms with Gasteiger partial charge in [-0.15, -0.1) is 0 Å². The fraction of sp³-hybridized carbons (Fsp3) is 0.222. The molecule has 0 saturated heterocycles. The van der Waals surface area contributed by atoms with Gasteiger partial charge in [-0.3, -0.25) is 4.79 Å². The van der Waals surface area contributed by atoms with Crippen LogP contribution in [-0.2, 0) is 4.79 Å².